The molecule has 0 saturated carbocycles. The summed E-state index contributed by atoms with van der Waals surface area (Å²) in [7, 11) is 1.87. The summed E-state index contributed by atoms with van der Waals surface area (Å²) in [5, 5.41) is 21.0. The number of aryl methyl sites for hydroxylation is 2. The normalized spacial score (nSPS) is 15.9. The molecule has 0 spiro atoms. The van der Waals surface area contributed by atoms with Crippen LogP contribution in [0.1, 0.15) is 49.6 Å². The van der Waals surface area contributed by atoms with E-state index in [1.165, 1.54) is 5.56 Å². The molecule has 0 amide bonds. The molecule has 196 valence electrons. The van der Waals surface area contributed by atoms with Crippen molar-refractivity contribution in [1.82, 2.24) is 24.5 Å². The molecule has 1 aliphatic heterocycles. The van der Waals surface area contributed by atoms with Crippen LogP contribution >= 0.6 is 11.6 Å². The van der Waals surface area contributed by atoms with Crippen LogP contribution in [0.4, 0.5) is 0 Å². The number of rotatable bonds is 5. The van der Waals surface area contributed by atoms with E-state index in [1.807, 2.05) is 46.1 Å². The number of benzene rings is 2. The molecule has 38 heavy (non-hydrogen) atoms. The van der Waals surface area contributed by atoms with Gasteiger partial charge in [0.25, 0.3) is 0 Å². The third-order valence-electron chi connectivity index (χ3n) is 7.83. The molecule has 1 fully saturated rings. The molecule has 6 rings (SSSR count). The first-order valence-corrected chi connectivity index (χ1v) is 13.5. The quantitative estimate of drug-likeness (QED) is 0.294. The van der Waals surface area contributed by atoms with Gasteiger partial charge in [0, 0.05) is 37.4 Å². The first-order chi connectivity index (χ1) is 18.3. The lowest BCUT2D eigenvalue weighted by molar-refractivity contribution is 0.0552. The summed E-state index contributed by atoms with van der Waals surface area (Å²) in [6.07, 6.45) is 3.72. The SMILES string of the molecule is Cc1nnn(C)c1-c1cnc2c3ccc(C(C)(C)O)cc3n(C(c3ccccc3)C3CCOCC3)c2c1Cl. The Kier molecular flexibility index (Phi) is 6.25. The van der Waals surface area contributed by atoms with Crippen molar-refractivity contribution in [3.05, 3.63) is 76.6 Å². The average Bonchev–Trinajstić information content (AvgIpc) is 3.42. The van der Waals surface area contributed by atoms with E-state index >= 15 is 0 Å². The van der Waals surface area contributed by atoms with Crippen LogP contribution in [0.2, 0.25) is 5.02 Å². The fourth-order valence-electron chi connectivity index (χ4n) is 5.93. The predicted molar refractivity (Wildman–Crippen MR) is 150 cm³/mol. The molecule has 1 aliphatic rings. The Balaban J connectivity index is 1.74. The number of hydrogen-bond acceptors (Lipinski definition) is 5. The summed E-state index contributed by atoms with van der Waals surface area (Å²) < 4.78 is 9.87. The van der Waals surface area contributed by atoms with Crippen molar-refractivity contribution in [2.45, 2.75) is 45.3 Å². The number of aliphatic hydroxyl groups is 1. The van der Waals surface area contributed by atoms with E-state index in [1.54, 1.807) is 4.68 Å². The number of fused-ring (bicyclic) bond motifs is 3. The van der Waals surface area contributed by atoms with Crippen LogP contribution in [0, 0.1) is 12.8 Å². The summed E-state index contributed by atoms with van der Waals surface area (Å²) in [6.45, 7) is 7.03. The van der Waals surface area contributed by atoms with Crippen LogP contribution in [0.25, 0.3) is 33.2 Å². The van der Waals surface area contributed by atoms with E-state index < -0.39 is 5.60 Å². The highest BCUT2D eigenvalue weighted by Crippen LogP contribution is 2.45. The summed E-state index contributed by atoms with van der Waals surface area (Å²) >= 11 is 7.35. The molecule has 3 aromatic heterocycles. The largest absolute Gasteiger partial charge is 0.386 e. The van der Waals surface area contributed by atoms with Crippen LogP contribution in [0.3, 0.4) is 0 Å². The second-order valence-corrected chi connectivity index (χ2v) is 11.2. The van der Waals surface area contributed by atoms with Gasteiger partial charge in [-0.25, -0.2) is 4.68 Å². The number of pyridine rings is 1. The molecule has 1 saturated heterocycles. The van der Waals surface area contributed by atoms with Crippen molar-refractivity contribution in [3.8, 4) is 11.3 Å². The van der Waals surface area contributed by atoms with E-state index in [0.717, 1.165) is 70.5 Å². The smallest absolute Gasteiger partial charge is 0.0975 e. The van der Waals surface area contributed by atoms with Gasteiger partial charge in [-0.05, 0) is 56.7 Å². The molecule has 0 bridgehead atoms. The third-order valence-corrected chi connectivity index (χ3v) is 8.22. The summed E-state index contributed by atoms with van der Waals surface area (Å²) in [5.41, 5.74) is 6.25. The zero-order valence-electron chi connectivity index (χ0n) is 22.1. The fraction of sp³-hybridized carbons (Fsp3) is 0.367. The minimum atomic E-state index is -0.990. The number of ether oxygens (including phenoxy) is 1. The van der Waals surface area contributed by atoms with E-state index in [4.69, 9.17) is 21.3 Å². The maximum absolute atomic E-state index is 10.9. The van der Waals surface area contributed by atoms with Gasteiger partial charge in [-0.1, -0.05) is 59.3 Å². The van der Waals surface area contributed by atoms with Crippen LogP contribution in [-0.2, 0) is 17.4 Å². The summed E-state index contributed by atoms with van der Waals surface area (Å²) in [4.78, 5) is 4.98. The van der Waals surface area contributed by atoms with Gasteiger partial charge in [0.1, 0.15) is 0 Å². The minimum Gasteiger partial charge on any atom is -0.386 e. The third kappa shape index (κ3) is 4.10. The van der Waals surface area contributed by atoms with E-state index in [9.17, 15) is 5.11 Å². The van der Waals surface area contributed by atoms with Gasteiger partial charge in [-0.3, -0.25) is 4.98 Å². The molecule has 1 N–H and O–H groups in total. The van der Waals surface area contributed by atoms with E-state index in [-0.39, 0.29) is 6.04 Å². The lowest BCUT2D eigenvalue weighted by Gasteiger charge is -2.33. The number of hydrogen-bond donors (Lipinski definition) is 1. The minimum absolute atomic E-state index is 0.0115. The van der Waals surface area contributed by atoms with Gasteiger partial charge >= 0.3 is 0 Å². The monoisotopic (exact) mass is 529 g/mol. The highest BCUT2D eigenvalue weighted by atomic mass is 35.5. The van der Waals surface area contributed by atoms with Gasteiger partial charge in [-0.15, -0.1) is 5.10 Å². The first-order valence-electron chi connectivity index (χ1n) is 13.1. The van der Waals surface area contributed by atoms with Gasteiger partial charge in [0.15, 0.2) is 0 Å². The van der Waals surface area contributed by atoms with Crippen LogP contribution < -0.4 is 0 Å². The Hall–Kier alpha value is -3.26. The Morgan fingerprint density at radius 2 is 1.84 bits per heavy atom. The molecule has 0 aliphatic carbocycles. The predicted octanol–water partition coefficient (Wildman–Crippen LogP) is 6.19. The van der Waals surface area contributed by atoms with Gasteiger partial charge in [0.05, 0.1) is 44.6 Å². The van der Waals surface area contributed by atoms with E-state index in [0.29, 0.717) is 10.9 Å². The van der Waals surface area contributed by atoms with E-state index in [2.05, 4.69) is 51.3 Å². The fourth-order valence-corrected chi connectivity index (χ4v) is 6.24. The van der Waals surface area contributed by atoms with Crippen LogP contribution in [0.15, 0.2) is 54.7 Å². The van der Waals surface area contributed by atoms with Crippen molar-refractivity contribution < 1.29 is 9.84 Å². The number of aromatic nitrogens is 5. The lowest BCUT2D eigenvalue weighted by atomic mass is 9.86. The summed E-state index contributed by atoms with van der Waals surface area (Å²) in [6, 6.07) is 16.8. The van der Waals surface area contributed by atoms with Crippen molar-refractivity contribution in [1.29, 1.82) is 0 Å². The molecular weight excluding hydrogens is 498 g/mol. The molecule has 0 radical (unpaired) electrons. The zero-order valence-corrected chi connectivity index (χ0v) is 22.9. The van der Waals surface area contributed by atoms with Crippen molar-refractivity contribution >= 4 is 33.5 Å². The molecule has 8 heteroatoms. The molecule has 1 unspecified atom stereocenters. The Labute approximate surface area is 227 Å². The maximum atomic E-state index is 10.9. The van der Waals surface area contributed by atoms with Crippen molar-refractivity contribution in [3.63, 3.8) is 0 Å². The Morgan fingerprint density at radius 1 is 1.11 bits per heavy atom. The number of nitrogens with zero attached hydrogens (tertiary/aromatic N) is 5. The topological polar surface area (TPSA) is 78.0 Å². The van der Waals surface area contributed by atoms with Gasteiger partial charge in [-0.2, -0.15) is 0 Å². The molecule has 5 aromatic rings. The Morgan fingerprint density at radius 3 is 2.50 bits per heavy atom. The van der Waals surface area contributed by atoms with Crippen molar-refractivity contribution in [2.24, 2.45) is 13.0 Å². The zero-order chi connectivity index (χ0) is 26.6. The molecule has 7 nitrogen and oxygen atoms in total. The Bertz CT molecular complexity index is 1610. The van der Waals surface area contributed by atoms with Crippen LogP contribution in [-0.4, -0.2) is 42.9 Å². The highest BCUT2D eigenvalue weighted by molar-refractivity contribution is 6.38. The highest BCUT2D eigenvalue weighted by Gasteiger charge is 2.32. The van der Waals surface area contributed by atoms with Crippen molar-refractivity contribution in [2.75, 3.05) is 13.2 Å². The first kappa shape index (κ1) is 25.0. The molecule has 2 aromatic carbocycles. The van der Waals surface area contributed by atoms with Gasteiger partial charge < -0.3 is 14.4 Å². The summed E-state index contributed by atoms with van der Waals surface area (Å²) in [5.74, 6) is 0.343. The maximum Gasteiger partial charge on any atom is 0.0975 e. The average molecular weight is 530 g/mol. The molecular formula is C30H32ClN5O2. The second-order valence-electron chi connectivity index (χ2n) is 10.8. The lowest BCUT2D eigenvalue weighted by Crippen LogP contribution is -2.27. The second kappa shape index (κ2) is 9.49. The number of halogens is 1. The molecule has 1 atom stereocenters. The van der Waals surface area contributed by atoms with Gasteiger partial charge in [0.2, 0.25) is 0 Å². The van der Waals surface area contributed by atoms with Crippen LogP contribution in [0.5, 0.6) is 0 Å². The molecule has 4 heterocycles. The standard InChI is InChI=1S/C30H32ClN5O2/c1-18-27(35(4)34-33-18)23-17-32-26-22-11-10-21(30(2,3)37)16-24(22)36(29(26)25(23)31)28(19-8-6-5-7-9-19)20-12-14-38-15-13-20/h5-11,16-17,20,28,37H,12-15H2,1-4H3.